The van der Waals surface area contributed by atoms with E-state index in [1.165, 1.54) is 0 Å². The van der Waals surface area contributed by atoms with Crippen molar-refractivity contribution in [3.63, 3.8) is 0 Å². The quantitative estimate of drug-likeness (QED) is 0.812. The van der Waals surface area contributed by atoms with Crippen molar-refractivity contribution >= 4 is 5.97 Å². The molecule has 0 bridgehead atoms. The average molecular weight is 300 g/mol. The zero-order valence-corrected chi connectivity index (χ0v) is 9.75. The van der Waals surface area contributed by atoms with Crippen molar-refractivity contribution in [3.05, 3.63) is 23.0 Å². The van der Waals surface area contributed by atoms with Crippen LogP contribution in [0.4, 0.5) is 22.0 Å². The predicted molar refractivity (Wildman–Crippen MR) is 55.1 cm³/mol. The summed E-state index contributed by atoms with van der Waals surface area (Å²) in [5, 5.41) is 8.57. The lowest BCUT2D eigenvalue weighted by Crippen LogP contribution is -2.20. The van der Waals surface area contributed by atoms with Crippen LogP contribution in [-0.4, -0.2) is 22.4 Å². The lowest BCUT2D eigenvalue weighted by atomic mass is 10.1. The first-order valence-corrected chi connectivity index (χ1v) is 5.12. The molecule has 1 aromatic heterocycles. The monoisotopic (exact) mass is 300 g/mol. The first kappa shape index (κ1) is 16.1. The summed E-state index contributed by atoms with van der Waals surface area (Å²) in [5.41, 5.74) is 3.20. The van der Waals surface area contributed by atoms with Crippen molar-refractivity contribution in [3.8, 4) is 5.75 Å². The highest BCUT2D eigenvalue weighted by atomic mass is 19.4. The molecule has 1 heterocycles. The van der Waals surface area contributed by atoms with Gasteiger partial charge in [-0.3, -0.25) is 9.78 Å². The van der Waals surface area contributed by atoms with E-state index in [0.29, 0.717) is 6.07 Å². The van der Waals surface area contributed by atoms with Crippen molar-refractivity contribution < 1.29 is 36.6 Å². The topological polar surface area (TPSA) is 85.4 Å². The second-order valence-corrected chi connectivity index (χ2v) is 3.59. The van der Waals surface area contributed by atoms with Crippen LogP contribution in [0.1, 0.15) is 23.4 Å². The minimum absolute atomic E-state index is 0.408. The molecule has 0 fully saturated rings. The molecule has 5 nitrogen and oxygen atoms in total. The number of hydrogen-bond donors (Lipinski definition) is 2. The maximum Gasteiger partial charge on any atom is 0.573 e. The summed E-state index contributed by atoms with van der Waals surface area (Å²) in [7, 11) is 0. The molecule has 0 aliphatic carbocycles. The molecule has 0 radical (unpaired) electrons. The second kappa shape index (κ2) is 5.99. The largest absolute Gasteiger partial charge is 0.573 e. The third-order valence-corrected chi connectivity index (χ3v) is 2.15. The summed E-state index contributed by atoms with van der Waals surface area (Å²) in [4.78, 5) is 14.0. The van der Waals surface area contributed by atoms with Gasteiger partial charge >= 0.3 is 12.3 Å². The zero-order chi connectivity index (χ0) is 15.5. The normalized spacial score (nSPS) is 11.8. The van der Waals surface area contributed by atoms with Gasteiger partial charge in [0, 0.05) is 12.1 Å². The molecule has 112 valence electrons. The van der Waals surface area contributed by atoms with Crippen LogP contribution in [0, 0.1) is 0 Å². The van der Waals surface area contributed by atoms with Crippen LogP contribution >= 0.6 is 0 Å². The van der Waals surface area contributed by atoms with Crippen LogP contribution in [-0.2, 0) is 17.8 Å². The summed E-state index contributed by atoms with van der Waals surface area (Å²) < 4.78 is 65.4. The van der Waals surface area contributed by atoms with Crippen molar-refractivity contribution in [2.24, 2.45) is 5.73 Å². The Labute approximate surface area is 109 Å². The molecule has 0 amide bonds. The number of nitrogens with two attached hydrogens (primary N) is 1. The van der Waals surface area contributed by atoms with E-state index in [9.17, 15) is 26.7 Å². The van der Waals surface area contributed by atoms with Gasteiger partial charge in [0.05, 0.1) is 17.8 Å². The number of halogens is 5. The molecule has 0 saturated heterocycles. The molecule has 0 saturated carbocycles. The number of ether oxygens (including phenoxy) is 1. The SMILES string of the molecule is NCc1nc(CC(=O)O)c(C(F)F)cc1OC(F)(F)F. The van der Waals surface area contributed by atoms with Gasteiger partial charge in [0.25, 0.3) is 6.43 Å². The van der Waals surface area contributed by atoms with E-state index >= 15 is 0 Å². The Morgan fingerprint density at radius 3 is 2.40 bits per heavy atom. The number of carbonyl (C=O) groups is 1. The van der Waals surface area contributed by atoms with Gasteiger partial charge in [-0.1, -0.05) is 0 Å². The Morgan fingerprint density at radius 2 is 2.00 bits per heavy atom. The van der Waals surface area contributed by atoms with Crippen LogP contribution in [0.25, 0.3) is 0 Å². The Bertz CT molecular complexity index is 504. The maximum absolute atomic E-state index is 12.7. The van der Waals surface area contributed by atoms with E-state index in [1.54, 1.807) is 0 Å². The number of carboxylic acids is 1. The lowest BCUT2D eigenvalue weighted by Gasteiger charge is -2.15. The van der Waals surface area contributed by atoms with Crippen LogP contribution in [0.2, 0.25) is 0 Å². The highest BCUT2D eigenvalue weighted by molar-refractivity contribution is 5.70. The van der Waals surface area contributed by atoms with Gasteiger partial charge in [-0.2, -0.15) is 0 Å². The number of carboxylic acid groups (broad SMARTS) is 1. The van der Waals surface area contributed by atoms with E-state index in [4.69, 9.17) is 10.8 Å². The van der Waals surface area contributed by atoms with Crippen molar-refractivity contribution in [1.82, 2.24) is 4.98 Å². The predicted octanol–water partition coefficient (Wildman–Crippen LogP) is 2.00. The van der Waals surface area contributed by atoms with Gasteiger partial charge in [-0.25, -0.2) is 8.78 Å². The Balaban J connectivity index is 3.32. The highest BCUT2D eigenvalue weighted by Crippen LogP contribution is 2.31. The van der Waals surface area contributed by atoms with E-state index in [-0.39, 0.29) is 0 Å². The number of aliphatic carboxylic acids is 1. The number of nitrogens with zero attached hydrogens (tertiary/aromatic N) is 1. The Hall–Kier alpha value is -1.97. The van der Waals surface area contributed by atoms with Crippen molar-refractivity contribution in [2.45, 2.75) is 25.8 Å². The lowest BCUT2D eigenvalue weighted by molar-refractivity contribution is -0.275. The molecular weight excluding hydrogens is 291 g/mol. The van der Waals surface area contributed by atoms with Gasteiger partial charge in [0.15, 0.2) is 5.75 Å². The fourth-order valence-corrected chi connectivity index (χ4v) is 1.42. The summed E-state index contributed by atoms with van der Waals surface area (Å²) >= 11 is 0. The van der Waals surface area contributed by atoms with Crippen LogP contribution in [0.15, 0.2) is 6.07 Å². The van der Waals surface area contributed by atoms with Gasteiger partial charge in [-0.05, 0) is 6.07 Å². The molecule has 0 unspecified atom stereocenters. The van der Waals surface area contributed by atoms with E-state index in [2.05, 4.69) is 9.72 Å². The van der Waals surface area contributed by atoms with E-state index in [0.717, 1.165) is 0 Å². The summed E-state index contributed by atoms with van der Waals surface area (Å²) in [6.07, 6.45) is -9.16. The maximum atomic E-state index is 12.7. The number of hydrogen-bond acceptors (Lipinski definition) is 4. The van der Waals surface area contributed by atoms with Gasteiger partial charge in [-0.15, -0.1) is 13.2 Å². The molecule has 0 aromatic carbocycles. The number of rotatable bonds is 5. The molecular formula is C10H9F5N2O3. The molecule has 3 N–H and O–H groups in total. The zero-order valence-electron chi connectivity index (χ0n) is 9.75. The van der Waals surface area contributed by atoms with Crippen LogP contribution in [0.3, 0.4) is 0 Å². The number of alkyl halides is 5. The number of pyridine rings is 1. The van der Waals surface area contributed by atoms with Crippen LogP contribution < -0.4 is 10.5 Å². The Kier molecular flexibility index (Phi) is 4.82. The standard InChI is InChI=1S/C10H9F5N2O3/c11-9(12)4-1-7(20-10(13,14)15)6(3-16)17-5(4)2-8(18)19/h1,9H,2-3,16H2,(H,18,19). The molecule has 0 aliphatic heterocycles. The highest BCUT2D eigenvalue weighted by Gasteiger charge is 2.33. The van der Waals surface area contributed by atoms with E-state index < -0.39 is 54.4 Å². The molecule has 1 aromatic rings. The van der Waals surface area contributed by atoms with Crippen molar-refractivity contribution in [1.29, 1.82) is 0 Å². The third-order valence-electron chi connectivity index (χ3n) is 2.15. The van der Waals surface area contributed by atoms with Gasteiger partial charge in [0.1, 0.15) is 0 Å². The fourth-order valence-electron chi connectivity index (χ4n) is 1.42. The molecule has 1 rings (SSSR count). The summed E-state index contributed by atoms with van der Waals surface area (Å²) in [5.74, 6) is -2.42. The second-order valence-electron chi connectivity index (χ2n) is 3.59. The third kappa shape index (κ3) is 4.30. The van der Waals surface area contributed by atoms with Crippen molar-refractivity contribution in [2.75, 3.05) is 0 Å². The summed E-state index contributed by atoms with van der Waals surface area (Å²) in [6, 6.07) is 0.408. The molecule has 0 atom stereocenters. The molecule has 0 spiro atoms. The molecule has 20 heavy (non-hydrogen) atoms. The van der Waals surface area contributed by atoms with Crippen LogP contribution in [0.5, 0.6) is 5.75 Å². The smallest absolute Gasteiger partial charge is 0.481 e. The fraction of sp³-hybridized carbons (Fsp3) is 0.400. The first-order valence-electron chi connectivity index (χ1n) is 5.12. The number of aromatic nitrogens is 1. The minimum Gasteiger partial charge on any atom is -0.481 e. The van der Waals surface area contributed by atoms with Gasteiger partial charge in [0.2, 0.25) is 0 Å². The summed E-state index contributed by atoms with van der Waals surface area (Å²) in [6.45, 7) is -0.526. The van der Waals surface area contributed by atoms with E-state index in [1.807, 2.05) is 0 Å². The van der Waals surface area contributed by atoms with Gasteiger partial charge < -0.3 is 15.6 Å². The first-order chi connectivity index (χ1) is 9.14. The Morgan fingerprint density at radius 1 is 1.40 bits per heavy atom. The minimum atomic E-state index is -5.10. The average Bonchev–Trinajstić information content (AvgIpc) is 2.27. The molecule has 10 heteroatoms. The molecule has 0 aliphatic rings.